The topological polar surface area (TPSA) is 74.3 Å². The van der Waals surface area contributed by atoms with Gasteiger partial charge in [-0.3, -0.25) is 4.90 Å². The lowest BCUT2D eigenvalue weighted by atomic mass is 9.88. The number of rotatable bonds is 6. The van der Waals surface area contributed by atoms with Crippen LogP contribution in [-0.4, -0.2) is 40.4 Å². The van der Waals surface area contributed by atoms with E-state index in [9.17, 15) is 9.59 Å². The summed E-state index contributed by atoms with van der Waals surface area (Å²) in [5, 5.41) is 0. The van der Waals surface area contributed by atoms with Gasteiger partial charge in [0.05, 0.1) is 28.4 Å². The zero-order valence-electron chi connectivity index (χ0n) is 19.1. The van der Waals surface area contributed by atoms with Gasteiger partial charge in [0.2, 0.25) is 0 Å². The van der Waals surface area contributed by atoms with E-state index >= 15 is 0 Å². The minimum absolute atomic E-state index is 0.0747. The lowest BCUT2D eigenvalue weighted by molar-refractivity contribution is -0.137. The number of ether oxygens (including phenoxy) is 4. The van der Waals surface area contributed by atoms with Crippen molar-refractivity contribution in [2.24, 2.45) is 0 Å². The lowest BCUT2D eigenvalue weighted by Crippen LogP contribution is -2.40. The van der Waals surface area contributed by atoms with E-state index in [1.807, 2.05) is 50.2 Å². The first-order valence-electron chi connectivity index (χ1n) is 10.0. The smallest absolute Gasteiger partial charge is 0.358 e. The first-order chi connectivity index (χ1) is 15.4. The summed E-state index contributed by atoms with van der Waals surface area (Å²) in [5.74, 6) is -1.38. The second kappa shape index (κ2) is 9.60. The van der Waals surface area contributed by atoms with Gasteiger partial charge >= 0.3 is 11.9 Å². The van der Waals surface area contributed by atoms with Crippen molar-refractivity contribution < 1.29 is 28.5 Å². The molecule has 0 spiro atoms. The molecule has 1 aliphatic rings. The van der Waals surface area contributed by atoms with Crippen LogP contribution in [0, 0.1) is 13.8 Å². The van der Waals surface area contributed by atoms with Crippen LogP contribution < -0.4 is 4.90 Å². The molecule has 2 aromatic carbocycles. The molecule has 0 bridgehead atoms. The number of nitrogens with zero attached hydrogens (tertiary/aromatic N) is 1. The largest absolute Gasteiger partial charge is 0.497 e. The molecule has 0 aliphatic carbocycles. The minimum Gasteiger partial charge on any atom is -0.497 e. The highest BCUT2D eigenvalue weighted by Crippen LogP contribution is 2.45. The molecule has 0 saturated carbocycles. The van der Waals surface area contributed by atoms with Crippen LogP contribution in [0.15, 0.2) is 71.4 Å². The van der Waals surface area contributed by atoms with Gasteiger partial charge < -0.3 is 18.9 Å². The number of anilines is 1. The van der Waals surface area contributed by atoms with E-state index in [1.54, 1.807) is 12.1 Å². The molecule has 0 aromatic heterocycles. The van der Waals surface area contributed by atoms with Gasteiger partial charge in [-0.2, -0.15) is 0 Å². The fourth-order valence-corrected chi connectivity index (χ4v) is 3.74. The van der Waals surface area contributed by atoms with E-state index in [0.717, 1.165) is 16.7 Å². The molecule has 0 saturated heterocycles. The highest BCUT2D eigenvalue weighted by atomic mass is 16.5. The third kappa shape index (κ3) is 4.06. The van der Waals surface area contributed by atoms with Gasteiger partial charge in [-0.05, 0) is 31.5 Å². The zero-order chi connectivity index (χ0) is 23.4. The predicted molar refractivity (Wildman–Crippen MR) is 120 cm³/mol. The van der Waals surface area contributed by atoms with Crippen LogP contribution in [0.2, 0.25) is 0 Å². The summed E-state index contributed by atoms with van der Waals surface area (Å²) in [4.78, 5) is 27.6. The van der Waals surface area contributed by atoms with Crippen LogP contribution in [0.1, 0.15) is 22.6 Å². The van der Waals surface area contributed by atoms with Crippen LogP contribution in [0.25, 0.3) is 0 Å². The second-order valence-corrected chi connectivity index (χ2v) is 7.33. The van der Waals surface area contributed by atoms with Crippen molar-refractivity contribution in [3.63, 3.8) is 0 Å². The first-order valence-corrected chi connectivity index (χ1v) is 10.0. The molecule has 0 amide bonds. The highest BCUT2D eigenvalue weighted by Gasteiger charge is 2.44. The maximum atomic E-state index is 13.1. The van der Waals surface area contributed by atoms with E-state index in [4.69, 9.17) is 18.9 Å². The van der Waals surface area contributed by atoms with Crippen LogP contribution in [-0.2, 0) is 28.5 Å². The van der Waals surface area contributed by atoms with Crippen molar-refractivity contribution in [1.29, 1.82) is 0 Å². The SMILES string of the molecule is COC(=O)C1=C(OC)C(c2ccc(C)cc2)C(OC)=C(C(=O)OC)N1c1ccc(C)cc1. The van der Waals surface area contributed by atoms with E-state index in [0.29, 0.717) is 17.2 Å². The Bertz CT molecular complexity index is 1020. The Morgan fingerprint density at radius 3 is 1.47 bits per heavy atom. The maximum Gasteiger partial charge on any atom is 0.358 e. The van der Waals surface area contributed by atoms with E-state index in [1.165, 1.54) is 33.3 Å². The summed E-state index contributed by atoms with van der Waals surface area (Å²) in [6.45, 7) is 3.92. The number of methoxy groups -OCH3 is 4. The Balaban J connectivity index is 2.40. The number of hydrogen-bond donors (Lipinski definition) is 0. The average Bonchev–Trinajstić information content (AvgIpc) is 2.82. The van der Waals surface area contributed by atoms with Gasteiger partial charge in [-0.15, -0.1) is 0 Å². The molecule has 0 unspecified atom stereocenters. The molecule has 0 N–H and O–H groups in total. The Labute approximate surface area is 187 Å². The number of esters is 2. The Morgan fingerprint density at radius 2 is 1.09 bits per heavy atom. The van der Waals surface area contributed by atoms with Gasteiger partial charge in [0.25, 0.3) is 0 Å². The fraction of sp³-hybridized carbons (Fsp3) is 0.280. The molecule has 1 heterocycles. The number of carbonyl (C=O) groups excluding carboxylic acids is 2. The minimum atomic E-state index is -0.657. The second-order valence-electron chi connectivity index (χ2n) is 7.33. The lowest BCUT2D eigenvalue weighted by Gasteiger charge is -2.37. The van der Waals surface area contributed by atoms with Crippen LogP contribution in [0.4, 0.5) is 5.69 Å². The van der Waals surface area contributed by atoms with Crippen molar-refractivity contribution in [2.45, 2.75) is 19.8 Å². The third-order valence-electron chi connectivity index (χ3n) is 5.34. The number of carbonyl (C=O) groups is 2. The number of hydrogen-bond acceptors (Lipinski definition) is 7. The summed E-state index contributed by atoms with van der Waals surface area (Å²) < 4.78 is 21.7. The molecule has 7 nitrogen and oxygen atoms in total. The third-order valence-corrected chi connectivity index (χ3v) is 5.34. The normalized spacial score (nSPS) is 14.4. The van der Waals surface area contributed by atoms with Crippen LogP contribution in [0.3, 0.4) is 0 Å². The summed E-state index contributed by atoms with van der Waals surface area (Å²) in [7, 11) is 5.51. The molecule has 0 radical (unpaired) electrons. The zero-order valence-corrected chi connectivity index (χ0v) is 19.1. The maximum absolute atomic E-state index is 13.1. The highest BCUT2D eigenvalue weighted by molar-refractivity contribution is 6.03. The molecule has 7 heteroatoms. The quantitative estimate of drug-likeness (QED) is 0.633. The van der Waals surface area contributed by atoms with Crippen molar-refractivity contribution >= 4 is 17.6 Å². The standard InChI is InChI=1S/C25H27NO6/c1-15-7-11-17(12-8-15)19-22(29-3)20(24(27)31-5)26(18-13-9-16(2)10-14-18)21(23(19)30-4)25(28)32-6/h7-14,19H,1-6H3. The van der Waals surface area contributed by atoms with Crippen molar-refractivity contribution in [2.75, 3.05) is 33.3 Å². The molecule has 3 rings (SSSR count). The predicted octanol–water partition coefficient (Wildman–Crippen LogP) is 3.97. The van der Waals surface area contributed by atoms with Crippen LogP contribution in [0.5, 0.6) is 0 Å². The molecular weight excluding hydrogens is 410 g/mol. The molecular formula is C25H27NO6. The summed E-state index contributed by atoms with van der Waals surface area (Å²) >= 11 is 0. The van der Waals surface area contributed by atoms with Crippen molar-refractivity contribution in [3.8, 4) is 0 Å². The van der Waals surface area contributed by atoms with E-state index in [2.05, 4.69) is 0 Å². The fourth-order valence-electron chi connectivity index (χ4n) is 3.74. The molecule has 32 heavy (non-hydrogen) atoms. The molecule has 168 valence electrons. The van der Waals surface area contributed by atoms with Gasteiger partial charge in [0.1, 0.15) is 17.4 Å². The molecule has 0 fully saturated rings. The van der Waals surface area contributed by atoms with Gasteiger partial charge in [-0.25, -0.2) is 9.59 Å². The Hall–Kier alpha value is -3.74. The van der Waals surface area contributed by atoms with Crippen molar-refractivity contribution in [1.82, 2.24) is 0 Å². The van der Waals surface area contributed by atoms with E-state index < -0.39 is 17.9 Å². The van der Waals surface area contributed by atoms with Gasteiger partial charge in [-0.1, -0.05) is 47.5 Å². The summed E-state index contributed by atoms with van der Waals surface area (Å²) in [6.07, 6.45) is 0. The van der Waals surface area contributed by atoms with Crippen molar-refractivity contribution in [3.05, 3.63) is 88.1 Å². The van der Waals surface area contributed by atoms with E-state index in [-0.39, 0.29) is 11.4 Å². The van der Waals surface area contributed by atoms with Gasteiger partial charge in [0, 0.05) is 5.69 Å². The number of aryl methyl sites for hydroxylation is 2. The molecule has 2 aromatic rings. The summed E-state index contributed by atoms with van der Waals surface area (Å²) in [6, 6.07) is 15.1. The Morgan fingerprint density at radius 1 is 0.688 bits per heavy atom. The molecule has 1 aliphatic heterocycles. The van der Waals surface area contributed by atoms with Crippen LogP contribution >= 0.6 is 0 Å². The summed E-state index contributed by atoms with van der Waals surface area (Å²) in [5.41, 5.74) is 3.59. The molecule has 0 atom stereocenters. The first kappa shape index (κ1) is 22.9. The monoisotopic (exact) mass is 437 g/mol. The average molecular weight is 437 g/mol. The number of benzene rings is 2. The van der Waals surface area contributed by atoms with Gasteiger partial charge in [0.15, 0.2) is 11.4 Å². The Kier molecular flexibility index (Phi) is 6.88.